The van der Waals surface area contributed by atoms with Crippen LogP contribution in [-0.4, -0.2) is 88.0 Å². The number of fused-ring (bicyclic) bond motifs is 1. The summed E-state index contributed by atoms with van der Waals surface area (Å²) in [6.07, 6.45) is 7.68. The normalized spacial score (nSPS) is 20.0. The summed E-state index contributed by atoms with van der Waals surface area (Å²) >= 11 is 0. The van der Waals surface area contributed by atoms with E-state index in [0.717, 1.165) is 80.1 Å². The number of hydrogen-bond donors (Lipinski definition) is 1. The highest BCUT2D eigenvalue weighted by molar-refractivity contribution is 7.81. The molecule has 3 aliphatic rings. The van der Waals surface area contributed by atoms with Gasteiger partial charge in [-0.05, 0) is 68.1 Å². The van der Waals surface area contributed by atoms with E-state index >= 15 is 0 Å². The lowest BCUT2D eigenvalue weighted by Crippen LogP contribution is -2.46. The number of nitrogens with one attached hydrogen (secondary N) is 1. The zero-order valence-corrected chi connectivity index (χ0v) is 23.4. The number of hydrogen-bond acceptors (Lipinski definition) is 6. The number of nitrogens with zero attached hydrogens (tertiary/aromatic N) is 6. The predicted molar refractivity (Wildman–Crippen MR) is 158 cm³/mol. The molecule has 39 heavy (non-hydrogen) atoms. The molecular weight excluding hydrogens is 510 g/mol. The van der Waals surface area contributed by atoms with Gasteiger partial charge in [0.05, 0.1) is 22.2 Å². The van der Waals surface area contributed by atoms with Crippen LogP contribution in [0.2, 0.25) is 0 Å². The molecule has 10 heteroatoms. The molecule has 6 rings (SSSR count). The molecule has 3 saturated heterocycles. The van der Waals surface area contributed by atoms with Gasteiger partial charge < -0.3 is 20.0 Å². The Kier molecular flexibility index (Phi) is 7.65. The largest absolute Gasteiger partial charge is 0.372 e. The third-order valence-electron chi connectivity index (χ3n) is 8.38. The van der Waals surface area contributed by atoms with Gasteiger partial charge in [-0.2, -0.15) is 0 Å². The fourth-order valence-corrected chi connectivity index (χ4v) is 6.76. The molecule has 0 spiro atoms. The van der Waals surface area contributed by atoms with E-state index in [1.165, 1.54) is 18.5 Å². The van der Waals surface area contributed by atoms with Crippen LogP contribution in [0.25, 0.3) is 10.9 Å². The molecule has 1 unspecified atom stereocenters. The molecule has 1 N–H and O–H groups in total. The summed E-state index contributed by atoms with van der Waals surface area (Å²) in [5.74, 6) is 0.299. The number of carbonyl (C=O) groups is 1. The molecule has 0 radical (unpaired) electrons. The van der Waals surface area contributed by atoms with Crippen LogP contribution < -0.4 is 15.1 Å². The minimum Gasteiger partial charge on any atom is -0.372 e. The summed E-state index contributed by atoms with van der Waals surface area (Å²) < 4.78 is 13.8. The maximum absolute atomic E-state index is 13.0. The van der Waals surface area contributed by atoms with Crippen molar-refractivity contribution in [1.29, 1.82) is 0 Å². The molecule has 0 saturated carbocycles. The molecule has 1 aromatic heterocycles. The van der Waals surface area contributed by atoms with Gasteiger partial charge >= 0.3 is 6.03 Å². The van der Waals surface area contributed by atoms with Crippen molar-refractivity contribution >= 4 is 45.0 Å². The van der Waals surface area contributed by atoms with Crippen LogP contribution in [0, 0.1) is 0 Å². The Labute approximate surface area is 232 Å². The minimum absolute atomic E-state index is 0.0356. The lowest BCUT2D eigenvalue weighted by molar-refractivity contribution is 0.194. The van der Waals surface area contributed by atoms with E-state index in [4.69, 9.17) is 4.98 Å². The second kappa shape index (κ2) is 11.5. The molecule has 2 amide bonds. The molecule has 0 aliphatic carbocycles. The van der Waals surface area contributed by atoms with E-state index in [2.05, 4.69) is 50.4 Å². The number of benzene rings is 2. The first kappa shape index (κ1) is 26.0. The lowest BCUT2D eigenvalue weighted by Gasteiger charge is -2.34. The monoisotopic (exact) mass is 547 g/mol. The molecule has 3 fully saturated rings. The van der Waals surface area contributed by atoms with E-state index < -0.39 is 11.0 Å². The number of carbonyl (C=O) groups excluding carboxylic acids is 1. The highest BCUT2D eigenvalue weighted by atomic mass is 32.2. The van der Waals surface area contributed by atoms with Crippen molar-refractivity contribution in [3.8, 4) is 0 Å². The SMILES string of the molecule is CS(=O)N1CCN(c2ccc3c(C4CCN(C(=O)Nc5ccc(N6CCCC6)cc5)CC4)ncnc3c2)CC1. The first-order chi connectivity index (χ1) is 19.0. The number of anilines is 3. The fourth-order valence-electron chi connectivity index (χ4n) is 6.08. The summed E-state index contributed by atoms with van der Waals surface area (Å²) in [6, 6.07) is 14.6. The molecule has 206 valence electrons. The Hall–Kier alpha value is -3.24. The summed E-state index contributed by atoms with van der Waals surface area (Å²) in [5, 5.41) is 4.17. The molecule has 4 heterocycles. The summed E-state index contributed by atoms with van der Waals surface area (Å²) in [7, 11) is -0.913. The first-order valence-electron chi connectivity index (χ1n) is 14.0. The second-order valence-corrected chi connectivity index (χ2v) is 12.1. The molecule has 2 aromatic carbocycles. The van der Waals surface area contributed by atoms with Crippen molar-refractivity contribution in [1.82, 2.24) is 19.2 Å². The number of aromatic nitrogens is 2. The number of likely N-dealkylation sites (tertiary alicyclic amines) is 1. The maximum Gasteiger partial charge on any atom is 0.321 e. The van der Waals surface area contributed by atoms with Crippen LogP contribution in [-0.2, 0) is 11.0 Å². The highest BCUT2D eigenvalue weighted by Gasteiger charge is 2.27. The van der Waals surface area contributed by atoms with E-state index in [9.17, 15) is 9.00 Å². The van der Waals surface area contributed by atoms with Gasteiger partial charge in [0.15, 0.2) is 0 Å². The number of rotatable bonds is 5. The van der Waals surface area contributed by atoms with Gasteiger partial charge in [-0.1, -0.05) is 0 Å². The summed E-state index contributed by atoms with van der Waals surface area (Å²) in [6.45, 7) is 6.94. The van der Waals surface area contributed by atoms with Crippen LogP contribution >= 0.6 is 0 Å². The maximum atomic E-state index is 13.0. The predicted octanol–water partition coefficient (Wildman–Crippen LogP) is 4.06. The Morgan fingerprint density at radius 1 is 0.846 bits per heavy atom. The third-order valence-corrected chi connectivity index (χ3v) is 9.47. The van der Waals surface area contributed by atoms with Gasteiger partial charge in [-0.3, -0.25) is 0 Å². The van der Waals surface area contributed by atoms with Gasteiger partial charge in [0, 0.05) is 87.0 Å². The molecule has 0 bridgehead atoms. The van der Waals surface area contributed by atoms with E-state index in [-0.39, 0.29) is 6.03 Å². The lowest BCUT2D eigenvalue weighted by atomic mass is 9.91. The van der Waals surface area contributed by atoms with Gasteiger partial charge in [0.2, 0.25) is 0 Å². The Morgan fingerprint density at radius 2 is 1.51 bits per heavy atom. The van der Waals surface area contributed by atoms with Gasteiger partial charge in [-0.15, -0.1) is 0 Å². The fraction of sp³-hybridized carbons (Fsp3) is 0.483. The van der Waals surface area contributed by atoms with Crippen molar-refractivity contribution < 1.29 is 9.00 Å². The van der Waals surface area contributed by atoms with Crippen molar-refractivity contribution in [3.05, 3.63) is 54.5 Å². The van der Waals surface area contributed by atoms with Gasteiger partial charge in [0.1, 0.15) is 6.33 Å². The third kappa shape index (κ3) is 5.72. The van der Waals surface area contributed by atoms with Crippen LogP contribution in [0.4, 0.5) is 21.9 Å². The average Bonchev–Trinajstić information content (AvgIpc) is 3.52. The molecule has 9 nitrogen and oxygen atoms in total. The van der Waals surface area contributed by atoms with E-state index in [1.807, 2.05) is 21.3 Å². The highest BCUT2D eigenvalue weighted by Crippen LogP contribution is 2.33. The zero-order valence-electron chi connectivity index (χ0n) is 22.6. The van der Waals surface area contributed by atoms with Gasteiger partial charge in [-0.25, -0.2) is 23.3 Å². The standard InChI is InChI=1S/C29H37N7O2S/c1-39(38)36-18-16-34(17-19-36)25-8-9-26-27(20-25)30-21-31-28(26)22-10-14-35(15-11-22)29(37)32-23-4-6-24(7-5-23)33-12-2-3-13-33/h4-9,20-22H,2-3,10-19H2,1H3,(H,32,37). The zero-order chi connectivity index (χ0) is 26.8. The smallest absolute Gasteiger partial charge is 0.321 e. The summed E-state index contributed by atoms with van der Waals surface area (Å²) in [5.41, 5.74) is 5.25. The van der Waals surface area contributed by atoms with Crippen LogP contribution in [0.1, 0.15) is 37.3 Å². The van der Waals surface area contributed by atoms with Crippen LogP contribution in [0.15, 0.2) is 48.8 Å². The summed E-state index contributed by atoms with van der Waals surface area (Å²) in [4.78, 5) is 28.9. The second-order valence-electron chi connectivity index (χ2n) is 10.7. The molecular formula is C29H37N7O2S. The van der Waals surface area contributed by atoms with E-state index in [0.29, 0.717) is 19.0 Å². The number of piperidine rings is 1. The average molecular weight is 548 g/mol. The number of urea groups is 1. The van der Waals surface area contributed by atoms with Crippen molar-refractivity contribution in [2.24, 2.45) is 0 Å². The Bertz CT molecular complexity index is 1330. The Morgan fingerprint density at radius 3 is 2.21 bits per heavy atom. The van der Waals surface area contributed by atoms with Crippen molar-refractivity contribution in [2.45, 2.75) is 31.6 Å². The first-order valence-corrected chi connectivity index (χ1v) is 15.6. The molecule has 3 aromatic rings. The van der Waals surface area contributed by atoms with Crippen LogP contribution in [0.5, 0.6) is 0 Å². The minimum atomic E-state index is -0.913. The topological polar surface area (TPSA) is 84.9 Å². The number of amides is 2. The Balaban J connectivity index is 1.06. The molecule has 3 aliphatic heterocycles. The van der Waals surface area contributed by atoms with Crippen LogP contribution in [0.3, 0.4) is 0 Å². The quantitative estimate of drug-likeness (QED) is 0.519. The van der Waals surface area contributed by atoms with E-state index in [1.54, 1.807) is 12.6 Å². The van der Waals surface area contributed by atoms with Crippen molar-refractivity contribution in [2.75, 3.05) is 73.7 Å². The van der Waals surface area contributed by atoms with Gasteiger partial charge in [0.25, 0.3) is 0 Å². The number of piperazine rings is 1. The molecule has 1 atom stereocenters. The van der Waals surface area contributed by atoms with Crippen molar-refractivity contribution in [3.63, 3.8) is 0 Å².